The molecule has 1 aliphatic heterocycles. The molecule has 4 heteroatoms. The van der Waals surface area contributed by atoms with Gasteiger partial charge in [-0.2, -0.15) is 0 Å². The van der Waals surface area contributed by atoms with Gasteiger partial charge in [-0.05, 0) is 44.1 Å². The van der Waals surface area contributed by atoms with Crippen LogP contribution in [0, 0.1) is 17.8 Å². The van der Waals surface area contributed by atoms with E-state index in [4.69, 9.17) is 0 Å². The van der Waals surface area contributed by atoms with Crippen LogP contribution in [-0.4, -0.2) is 55.1 Å². The van der Waals surface area contributed by atoms with Gasteiger partial charge in [-0.3, -0.25) is 0 Å². The molecule has 0 aromatic heterocycles. The summed E-state index contributed by atoms with van der Waals surface area (Å²) in [5, 5.41) is 3.06. The molecule has 4 nitrogen and oxygen atoms in total. The van der Waals surface area contributed by atoms with E-state index in [9.17, 15) is 4.79 Å². The molecule has 0 spiro atoms. The van der Waals surface area contributed by atoms with E-state index in [1.54, 1.807) is 0 Å². The lowest BCUT2D eigenvalue weighted by Crippen LogP contribution is -2.43. The van der Waals surface area contributed by atoms with Gasteiger partial charge in [0.1, 0.15) is 0 Å². The standard InChI is InChI=1S/C17H35N3O/c1-6-20(11-14(2)3)17(21)18-8-7-9-19-12-15(4)10-16(5)13-19/h14-16H,6-13H2,1-5H3,(H,18,21). The zero-order valence-corrected chi connectivity index (χ0v) is 14.7. The first-order valence-electron chi connectivity index (χ1n) is 8.67. The second kappa shape index (κ2) is 9.29. The molecule has 2 unspecified atom stereocenters. The van der Waals surface area contributed by atoms with Gasteiger partial charge >= 0.3 is 6.03 Å². The summed E-state index contributed by atoms with van der Waals surface area (Å²) in [5.41, 5.74) is 0. The molecule has 0 aromatic carbocycles. The number of piperidine rings is 1. The van der Waals surface area contributed by atoms with Crippen LogP contribution in [0.3, 0.4) is 0 Å². The first-order valence-corrected chi connectivity index (χ1v) is 8.67. The smallest absolute Gasteiger partial charge is 0.317 e. The highest BCUT2D eigenvalue weighted by Gasteiger charge is 2.21. The summed E-state index contributed by atoms with van der Waals surface area (Å²) < 4.78 is 0. The summed E-state index contributed by atoms with van der Waals surface area (Å²) in [4.78, 5) is 16.5. The lowest BCUT2D eigenvalue weighted by Gasteiger charge is -2.35. The van der Waals surface area contributed by atoms with Gasteiger partial charge in [0.25, 0.3) is 0 Å². The lowest BCUT2D eigenvalue weighted by molar-refractivity contribution is 0.139. The number of carbonyl (C=O) groups is 1. The second-order valence-corrected chi connectivity index (χ2v) is 7.22. The van der Waals surface area contributed by atoms with Crippen LogP contribution in [0.4, 0.5) is 4.79 Å². The highest BCUT2D eigenvalue weighted by molar-refractivity contribution is 5.74. The molecular formula is C17H35N3O. The van der Waals surface area contributed by atoms with E-state index in [2.05, 4.69) is 37.9 Å². The minimum atomic E-state index is 0.0894. The first-order chi connectivity index (χ1) is 9.92. The Morgan fingerprint density at radius 1 is 1.29 bits per heavy atom. The number of nitrogens with one attached hydrogen (secondary N) is 1. The Hall–Kier alpha value is -0.770. The van der Waals surface area contributed by atoms with Gasteiger partial charge in [-0.25, -0.2) is 4.79 Å². The summed E-state index contributed by atoms with van der Waals surface area (Å²) in [6.45, 7) is 17.0. The molecule has 1 N–H and O–H groups in total. The second-order valence-electron chi connectivity index (χ2n) is 7.22. The van der Waals surface area contributed by atoms with Crippen molar-refractivity contribution in [1.29, 1.82) is 0 Å². The van der Waals surface area contributed by atoms with E-state index in [0.29, 0.717) is 5.92 Å². The van der Waals surface area contributed by atoms with Crippen molar-refractivity contribution in [3.8, 4) is 0 Å². The van der Waals surface area contributed by atoms with Gasteiger partial charge in [-0.1, -0.05) is 27.7 Å². The Kier molecular flexibility index (Phi) is 8.09. The molecule has 0 radical (unpaired) electrons. The minimum absolute atomic E-state index is 0.0894. The molecule has 21 heavy (non-hydrogen) atoms. The lowest BCUT2D eigenvalue weighted by atomic mass is 9.92. The fourth-order valence-electron chi connectivity index (χ4n) is 3.38. The number of hydrogen-bond acceptors (Lipinski definition) is 2. The Balaban J connectivity index is 2.19. The summed E-state index contributed by atoms with van der Waals surface area (Å²) in [6, 6.07) is 0.0894. The van der Waals surface area contributed by atoms with Crippen molar-refractivity contribution < 1.29 is 4.79 Å². The summed E-state index contributed by atoms with van der Waals surface area (Å²) >= 11 is 0. The van der Waals surface area contributed by atoms with Crippen LogP contribution in [-0.2, 0) is 0 Å². The summed E-state index contributed by atoms with van der Waals surface area (Å²) in [7, 11) is 0. The highest BCUT2D eigenvalue weighted by atomic mass is 16.2. The van der Waals surface area contributed by atoms with Crippen molar-refractivity contribution in [2.45, 2.75) is 47.5 Å². The van der Waals surface area contributed by atoms with E-state index < -0.39 is 0 Å². The molecular weight excluding hydrogens is 262 g/mol. The summed E-state index contributed by atoms with van der Waals surface area (Å²) in [5.74, 6) is 2.14. The van der Waals surface area contributed by atoms with Gasteiger partial charge in [0.05, 0.1) is 0 Å². The quantitative estimate of drug-likeness (QED) is 0.733. The van der Waals surface area contributed by atoms with Gasteiger partial charge in [-0.15, -0.1) is 0 Å². The Morgan fingerprint density at radius 3 is 2.43 bits per heavy atom. The van der Waals surface area contributed by atoms with Crippen molar-refractivity contribution in [2.24, 2.45) is 17.8 Å². The number of nitrogens with zero attached hydrogens (tertiary/aromatic N) is 2. The largest absolute Gasteiger partial charge is 0.338 e. The molecule has 1 saturated heterocycles. The van der Waals surface area contributed by atoms with Crippen LogP contribution in [0.15, 0.2) is 0 Å². The monoisotopic (exact) mass is 297 g/mol. The molecule has 0 bridgehead atoms. The SMILES string of the molecule is CCN(CC(C)C)C(=O)NCCCN1CC(C)CC(C)C1. The Morgan fingerprint density at radius 2 is 1.90 bits per heavy atom. The van der Waals surface area contributed by atoms with E-state index in [-0.39, 0.29) is 6.03 Å². The third-order valence-electron chi connectivity index (χ3n) is 4.13. The van der Waals surface area contributed by atoms with Crippen LogP contribution >= 0.6 is 0 Å². The first kappa shape index (κ1) is 18.3. The van der Waals surface area contributed by atoms with Crippen LogP contribution in [0.5, 0.6) is 0 Å². The topological polar surface area (TPSA) is 35.6 Å². The maximum Gasteiger partial charge on any atom is 0.317 e. The molecule has 0 aromatic rings. The van der Waals surface area contributed by atoms with E-state index >= 15 is 0 Å². The van der Waals surface area contributed by atoms with Gasteiger partial charge in [0.2, 0.25) is 0 Å². The zero-order valence-electron chi connectivity index (χ0n) is 14.7. The molecule has 1 rings (SSSR count). The Bertz CT molecular complexity index is 296. The van der Waals surface area contributed by atoms with Gasteiger partial charge in [0.15, 0.2) is 0 Å². The predicted molar refractivity (Wildman–Crippen MR) is 89.5 cm³/mol. The molecule has 1 fully saturated rings. The maximum atomic E-state index is 12.1. The van der Waals surface area contributed by atoms with Gasteiger partial charge in [0, 0.05) is 32.7 Å². The molecule has 0 aliphatic carbocycles. The molecule has 2 amide bonds. The van der Waals surface area contributed by atoms with Gasteiger partial charge < -0.3 is 15.1 Å². The highest BCUT2D eigenvalue weighted by Crippen LogP contribution is 2.20. The maximum absolute atomic E-state index is 12.1. The molecule has 2 atom stereocenters. The number of carbonyl (C=O) groups excluding carboxylic acids is 1. The molecule has 1 heterocycles. The van der Waals surface area contributed by atoms with E-state index in [0.717, 1.165) is 44.4 Å². The average molecular weight is 297 g/mol. The van der Waals surface area contributed by atoms with Crippen molar-refractivity contribution in [3.63, 3.8) is 0 Å². The van der Waals surface area contributed by atoms with Crippen molar-refractivity contribution >= 4 is 6.03 Å². The fourth-order valence-corrected chi connectivity index (χ4v) is 3.38. The van der Waals surface area contributed by atoms with Crippen LogP contribution < -0.4 is 5.32 Å². The normalized spacial score (nSPS) is 23.3. The van der Waals surface area contributed by atoms with Crippen molar-refractivity contribution in [1.82, 2.24) is 15.1 Å². The third-order valence-corrected chi connectivity index (χ3v) is 4.13. The molecule has 124 valence electrons. The zero-order chi connectivity index (χ0) is 15.8. The minimum Gasteiger partial charge on any atom is -0.338 e. The number of hydrogen-bond donors (Lipinski definition) is 1. The van der Waals surface area contributed by atoms with Crippen LogP contribution in [0.25, 0.3) is 0 Å². The average Bonchev–Trinajstić information content (AvgIpc) is 2.39. The number of likely N-dealkylation sites (tertiary alicyclic amines) is 1. The fraction of sp³-hybridized carbons (Fsp3) is 0.941. The number of urea groups is 1. The van der Waals surface area contributed by atoms with Crippen molar-refractivity contribution in [2.75, 3.05) is 39.3 Å². The Labute approximate surface area is 131 Å². The molecule has 0 saturated carbocycles. The van der Waals surface area contributed by atoms with E-state index in [1.807, 2.05) is 11.8 Å². The molecule has 1 aliphatic rings. The van der Waals surface area contributed by atoms with Crippen LogP contribution in [0.1, 0.15) is 47.5 Å². The van der Waals surface area contributed by atoms with Crippen LogP contribution in [0.2, 0.25) is 0 Å². The number of amides is 2. The van der Waals surface area contributed by atoms with Crippen molar-refractivity contribution in [3.05, 3.63) is 0 Å². The third kappa shape index (κ3) is 7.16. The number of rotatable bonds is 7. The van der Waals surface area contributed by atoms with E-state index in [1.165, 1.54) is 19.5 Å². The predicted octanol–water partition coefficient (Wildman–Crippen LogP) is 3.04. The summed E-state index contributed by atoms with van der Waals surface area (Å²) in [6.07, 6.45) is 2.40.